The summed E-state index contributed by atoms with van der Waals surface area (Å²) in [5.74, 6) is 0.431. The molecule has 0 spiro atoms. The van der Waals surface area contributed by atoms with Gasteiger partial charge in [-0.1, -0.05) is 36.4 Å². The van der Waals surface area contributed by atoms with Crippen LogP contribution in [0.2, 0.25) is 0 Å². The molecule has 2 aromatic carbocycles. The van der Waals surface area contributed by atoms with Gasteiger partial charge in [0.2, 0.25) is 0 Å². The van der Waals surface area contributed by atoms with Crippen molar-refractivity contribution in [2.45, 2.75) is 19.0 Å². The van der Waals surface area contributed by atoms with Gasteiger partial charge in [-0.05, 0) is 42.7 Å². The molecule has 0 heterocycles. The summed E-state index contributed by atoms with van der Waals surface area (Å²) < 4.78 is 44.7. The van der Waals surface area contributed by atoms with Crippen molar-refractivity contribution in [1.29, 1.82) is 0 Å². The minimum absolute atomic E-state index is 0.0156. The third-order valence-electron chi connectivity index (χ3n) is 4.31. The van der Waals surface area contributed by atoms with E-state index in [1.807, 2.05) is 18.2 Å². The van der Waals surface area contributed by atoms with Gasteiger partial charge in [-0.15, -0.1) is 0 Å². The molecule has 0 amide bonds. The van der Waals surface area contributed by atoms with Gasteiger partial charge in [-0.2, -0.15) is 13.2 Å². The molecule has 0 saturated heterocycles. The van der Waals surface area contributed by atoms with Crippen LogP contribution in [0.1, 0.15) is 29.5 Å². The second kappa shape index (κ2) is 7.20. The summed E-state index contributed by atoms with van der Waals surface area (Å²) in [6.45, 7) is 0. The highest BCUT2D eigenvalue weighted by Crippen LogP contribution is 2.35. The minimum atomic E-state index is -4.45. The van der Waals surface area contributed by atoms with E-state index in [2.05, 4.69) is 0 Å². The maximum Gasteiger partial charge on any atom is 0.416 e. The zero-order valence-corrected chi connectivity index (χ0v) is 14.1. The highest BCUT2D eigenvalue weighted by molar-refractivity contribution is 6.15. The number of benzene rings is 2. The first-order valence-electron chi connectivity index (χ1n) is 8.15. The Morgan fingerprint density at radius 3 is 2.04 bits per heavy atom. The third-order valence-corrected chi connectivity index (χ3v) is 4.31. The van der Waals surface area contributed by atoms with Crippen molar-refractivity contribution in [3.8, 4) is 5.75 Å². The van der Waals surface area contributed by atoms with Gasteiger partial charge < -0.3 is 4.74 Å². The Balaban J connectivity index is 1.93. The van der Waals surface area contributed by atoms with Crippen molar-refractivity contribution in [2.24, 2.45) is 0 Å². The molecule has 0 aromatic heterocycles. The van der Waals surface area contributed by atoms with E-state index in [4.69, 9.17) is 4.74 Å². The van der Waals surface area contributed by atoms with E-state index in [0.717, 1.165) is 11.6 Å². The van der Waals surface area contributed by atoms with Crippen LogP contribution in [0.4, 0.5) is 13.2 Å². The molecule has 1 aliphatic rings. The van der Waals surface area contributed by atoms with Crippen molar-refractivity contribution in [3.63, 3.8) is 0 Å². The smallest absolute Gasteiger partial charge is 0.416 e. The average molecular weight is 358 g/mol. The lowest BCUT2D eigenvalue weighted by atomic mass is 10.0. The Kier molecular flexibility index (Phi) is 4.98. The molecule has 2 nitrogen and oxygen atoms in total. The first-order chi connectivity index (χ1) is 12.4. The molecular weight excluding hydrogens is 341 g/mol. The quantitative estimate of drug-likeness (QED) is 0.673. The maximum absolute atomic E-state index is 13.1. The van der Waals surface area contributed by atoms with Crippen molar-refractivity contribution in [3.05, 3.63) is 76.4 Å². The van der Waals surface area contributed by atoms with Crippen LogP contribution in [0.5, 0.6) is 5.75 Å². The summed E-state index contributed by atoms with van der Waals surface area (Å²) >= 11 is 0. The van der Waals surface area contributed by atoms with Crippen LogP contribution >= 0.6 is 0 Å². The molecule has 0 N–H and O–H groups in total. The number of ketones is 1. The van der Waals surface area contributed by atoms with Gasteiger partial charge in [0.1, 0.15) is 5.75 Å². The number of hydrogen-bond acceptors (Lipinski definition) is 2. The summed E-state index contributed by atoms with van der Waals surface area (Å²) in [5, 5.41) is 0. The van der Waals surface area contributed by atoms with Crippen LogP contribution in [-0.2, 0) is 11.0 Å². The fraction of sp³-hybridized carbons (Fsp3) is 0.190. The fourth-order valence-electron chi connectivity index (χ4n) is 3.02. The minimum Gasteiger partial charge on any atom is -0.496 e. The van der Waals surface area contributed by atoms with Crippen molar-refractivity contribution in [2.75, 3.05) is 7.11 Å². The van der Waals surface area contributed by atoms with Gasteiger partial charge in [-0.25, -0.2) is 0 Å². The summed E-state index contributed by atoms with van der Waals surface area (Å²) in [6.07, 6.45) is -0.430. The number of methoxy groups -OCH3 is 1. The van der Waals surface area contributed by atoms with E-state index >= 15 is 0 Å². The van der Waals surface area contributed by atoms with Gasteiger partial charge in [0.25, 0.3) is 0 Å². The molecule has 0 unspecified atom stereocenters. The number of hydrogen-bond donors (Lipinski definition) is 0. The monoisotopic (exact) mass is 358 g/mol. The lowest BCUT2D eigenvalue weighted by Crippen LogP contribution is -2.07. The number of carbonyl (C=O) groups is 1. The molecule has 0 radical (unpaired) electrons. The van der Waals surface area contributed by atoms with Crippen LogP contribution in [0.15, 0.2) is 59.7 Å². The van der Waals surface area contributed by atoms with Crippen molar-refractivity contribution >= 4 is 17.9 Å². The largest absolute Gasteiger partial charge is 0.496 e. The number of allylic oxidation sites excluding steroid dienone is 2. The standard InChI is InChI=1S/C21H17F3O2/c1-26-19-9-5-3-7-15(19)13-17-11-10-16(20(17)25)12-14-6-2-4-8-18(14)21(22,23)24/h2-9,12-13H,10-11H2,1H3/b16-12+,17-13+. The summed E-state index contributed by atoms with van der Waals surface area (Å²) in [7, 11) is 1.55. The second-order valence-corrected chi connectivity index (χ2v) is 6.00. The first-order valence-corrected chi connectivity index (χ1v) is 8.15. The zero-order chi connectivity index (χ0) is 18.7. The number of alkyl halides is 3. The molecule has 26 heavy (non-hydrogen) atoms. The molecule has 1 saturated carbocycles. The maximum atomic E-state index is 13.1. The Morgan fingerprint density at radius 2 is 1.42 bits per heavy atom. The first kappa shape index (κ1) is 18.0. The van der Waals surface area contributed by atoms with Gasteiger partial charge in [0.15, 0.2) is 5.78 Å². The van der Waals surface area contributed by atoms with Gasteiger partial charge >= 0.3 is 6.18 Å². The Bertz CT molecular complexity index is 892. The van der Waals surface area contributed by atoms with Crippen LogP contribution in [0.25, 0.3) is 12.2 Å². The predicted molar refractivity (Wildman–Crippen MR) is 94.6 cm³/mol. The number of rotatable bonds is 3. The molecule has 3 rings (SSSR count). The van der Waals surface area contributed by atoms with E-state index in [1.165, 1.54) is 24.3 Å². The number of ether oxygens (including phenoxy) is 1. The number of carbonyl (C=O) groups excluding carboxylic acids is 1. The Hall–Kier alpha value is -2.82. The lowest BCUT2D eigenvalue weighted by molar-refractivity contribution is -0.137. The lowest BCUT2D eigenvalue weighted by Gasteiger charge is -2.10. The third kappa shape index (κ3) is 3.72. The molecule has 1 aliphatic carbocycles. The number of para-hydroxylation sites is 1. The van der Waals surface area contributed by atoms with Crippen molar-refractivity contribution < 1.29 is 22.7 Å². The van der Waals surface area contributed by atoms with E-state index in [-0.39, 0.29) is 11.3 Å². The molecule has 134 valence electrons. The highest BCUT2D eigenvalue weighted by atomic mass is 19.4. The average Bonchev–Trinajstić information content (AvgIpc) is 2.95. The molecule has 5 heteroatoms. The predicted octanol–water partition coefficient (Wildman–Crippen LogP) is 5.54. The molecule has 0 aliphatic heterocycles. The Morgan fingerprint density at radius 1 is 0.885 bits per heavy atom. The van der Waals surface area contributed by atoms with Gasteiger partial charge in [0.05, 0.1) is 12.7 Å². The van der Waals surface area contributed by atoms with E-state index in [0.29, 0.717) is 29.7 Å². The normalized spacial score (nSPS) is 17.9. The van der Waals surface area contributed by atoms with E-state index < -0.39 is 11.7 Å². The Labute approximate surface area is 149 Å². The molecule has 2 aromatic rings. The highest BCUT2D eigenvalue weighted by Gasteiger charge is 2.33. The summed E-state index contributed by atoms with van der Waals surface area (Å²) in [4.78, 5) is 12.6. The molecule has 1 fully saturated rings. The van der Waals surface area contributed by atoms with Crippen LogP contribution in [-0.4, -0.2) is 12.9 Å². The van der Waals surface area contributed by atoms with Gasteiger partial charge in [0, 0.05) is 16.7 Å². The van der Waals surface area contributed by atoms with Crippen molar-refractivity contribution in [1.82, 2.24) is 0 Å². The summed E-state index contributed by atoms with van der Waals surface area (Å²) in [5.41, 5.74) is 1.02. The molecule has 0 atom stereocenters. The molecule has 0 bridgehead atoms. The zero-order valence-electron chi connectivity index (χ0n) is 14.1. The SMILES string of the molecule is COc1ccccc1/C=C1\CC/C(=C\c2ccccc2C(F)(F)F)C1=O. The second-order valence-electron chi connectivity index (χ2n) is 6.00. The topological polar surface area (TPSA) is 26.3 Å². The van der Waals surface area contributed by atoms with Crippen LogP contribution < -0.4 is 4.74 Å². The van der Waals surface area contributed by atoms with Crippen LogP contribution in [0.3, 0.4) is 0 Å². The summed E-state index contributed by atoms with van der Waals surface area (Å²) in [6, 6.07) is 12.6. The van der Waals surface area contributed by atoms with Gasteiger partial charge in [-0.3, -0.25) is 4.79 Å². The number of halogens is 3. The van der Waals surface area contributed by atoms with E-state index in [9.17, 15) is 18.0 Å². The number of Topliss-reactive ketones (excluding diaryl/α,β-unsaturated/α-hetero) is 1. The van der Waals surface area contributed by atoms with E-state index in [1.54, 1.807) is 19.3 Å². The fourth-order valence-corrected chi connectivity index (χ4v) is 3.02. The van der Waals surface area contributed by atoms with Crippen LogP contribution in [0, 0.1) is 0 Å². The molecular formula is C21H17F3O2.